The summed E-state index contributed by atoms with van der Waals surface area (Å²) in [4.78, 5) is 40.0. The first-order valence-corrected chi connectivity index (χ1v) is 19.9. The molecule has 0 atom stereocenters. The number of hydrogen-bond donors (Lipinski definition) is 2. The van der Waals surface area contributed by atoms with Crippen LogP contribution in [-0.2, 0) is 14.3 Å². The number of rotatable bonds is 7. The maximum atomic E-state index is 12.5. The van der Waals surface area contributed by atoms with Crippen LogP contribution in [0, 0.1) is 22.7 Å². The summed E-state index contributed by atoms with van der Waals surface area (Å²) in [7, 11) is 0. The fraction of sp³-hybridized carbons (Fsp3) is 0.925. The van der Waals surface area contributed by atoms with Crippen LogP contribution < -0.4 is 5.32 Å². The van der Waals surface area contributed by atoms with Crippen LogP contribution in [-0.4, -0.2) is 89.5 Å². The van der Waals surface area contributed by atoms with E-state index in [2.05, 4.69) is 5.32 Å². The number of aliphatic hydroxyl groups excluding tert-OH is 1. The number of likely N-dealkylation sites (tertiary alicyclic amines) is 2. The van der Waals surface area contributed by atoms with Gasteiger partial charge in [-0.2, -0.15) is 0 Å². The standard InChI is InChI=1S/C23H42N2O3.C17H29NO3/c1-21(2,3)28-20(27)25-15-13-22(14-16-25,19-9-5-4-6-10-19)17-24-23(18-26)11-7-8-12-23;1-16(2,3)21-15(20)18-11-9-17(13-19,10-12-18)14-7-5-4-6-8-14/h19,24,26H,4-18H2,1-3H3;13-14H,4-12H2,1-3H3. The van der Waals surface area contributed by atoms with Gasteiger partial charge in [-0.1, -0.05) is 51.4 Å². The van der Waals surface area contributed by atoms with Gasteiger partial charge >= 0.3 is 12.2 Å². The van der Waals surface area contributed by atoms with Crippen LogP contribution in [0.2, 0.25) is 0 Å². The van der Waals surface area contributed by atoms with Gasteiger partial charge in [-0.3, -0.25) is 0 Å². The van der Waals surface area contributed by atoms with Crippen molar-refractivity contribution in [1.29, 1.82) is 0 Å². The van der Waals surface area contributed by atoms with Crippen molar-refractivity contribution in [3.63, 3.8) is 0 Å². The molecular weight excluding hydrogens is 618 g/mol. The fourth-order valence-corrected chi connectivity index (χ4v) is 9.44. The minimum Gasteiger partial charge on any atom is -0.444 e. The van der Waals surface area contributed by atoms with Crippen molar-refractivity contribution in [2.24, 2.45) is 22.7 Å². The molecule has 0 unspecified atom stereocenters. The second-order valence-corrected chi connectivity index (χ2v) is 18.3. The number of aliphatic hydroxyl groups is 1. The molecule has 0 aromatic heterocycles. The Morgan fingerprint density at radius 3 is 1.51 bits per heavy atom. The molecule has 9 nitrogen and oxygen atoms in total. The second-order valence-electron chi connectivity index (χ2n) is 18.3. The van der Waals surface area contributed by atoms with E-state index in [1.165, 1.54) is 83.3 Å². The average molecular weight is 690 g/mol. The summed E-state index contributed by atoms with van der Waals surface area (Å²) in [6.45, 7) is 15.5. The molecule has 0 aromatic rings. The number of amides is 2. The fourth-order valence-electron chi connectivity index (χ4n) is 9.44. The molecule has 5 fully saturated rings. The third kappa shape index (κ3) is 11.1. The van der Waals surface area contributed by atoms with Gasteiger partial charge in [0, 0.05) is 43.7 Å². The molecule has 49 heavy (non-hydrogen) atoms. The molecule has 2 N–H and O–H groups in total. The number of carbonyl (C=O) groups is 3. The molecule has 3 aliphatic carbocycles. The van der Waals surface area contributed by atoms with Crippen LogP contribution in [0.5, 0.6) is 0 Å². The van der Waals surface area contributed by atoms with Gasteiger partial charge in [0.25, 0.3) is 0 Å². The van der Waals surface area contributed by atoms with Gasteiger partial charge in [-0.25, -0.2) is 9.59 Å². The first-order valence-electron chi connectivity index (χ1n) is 19.9. The number of carbonyl (C=O) groups excluding carboxylic acids is 3. The van der Waals surface area contributed by atoms with E-state index in [0.29, 0.717) is 19.0 Å². The Morgan fingerprint density at radius 2 is 1.10 bits per heavy atom. The van der Waals surface area contributed by atoms with Crippen LogP contribution >= 0.6 is 0 Å². The van der Waals surface area contributed by atoms with Crippen LogP contribution in [0.3, 0.4) is 0 Å². The summed E-state index contributed by atoms with van der Waals surface area (Å²) < 4.78 is 11.0. The lowest BCUT2D eigenvalue weighted by atomic mass is 9.63. The zero-order chi connectivity index (χ0) is 35.8. The minimum absolute atomic E-state index is 0.0655. The quantitative estimate of drug-likeness (QED) is 0.259. The molecule has 2 aliphatic heterocycles. The van der Waals surface area contributed by atoms with Crippen molar-refractivity contribution in [1.82, 2.24) is 15.1 Å². The molecule has 9 heteroatoms. The van der Waals surface area contributed by atoms with E-state index in [0.717, 1.165) is 64.1 Å². The monoisotopic (exact) mass is 690 g/mol. The van der Waals surface area contributed by atoms with E-state index >= 15 is 0 Å². The van der Waals surface area contributed by atoms with Gasteiger partial charge in [-0.05, 0) is 123 Å². The third-order valence-electron chi connectivity index (χ3n) is 12.6. The van der Waals surface area contributed by atoms with E-state index in [1.807, 2.05) is 46.4 Å². The van der Waals surface area contributed by atoms with Crippen LogP contribution in [0.15, 0.2) is 0 Å². The molecule has 0 spiro atoms. The number of ether oxygens (including phenoxy) is 2. The lowest BCUT2D eigenvalue weighted by Gasteiger charge is -2.49. The van der Waals surface area contributed by atoms with Crippen molar-refractivity contribution in [2.45, 2.75) is 174 Å². The molecule has 5 rings (SSSR count). The van der Waals surface area contributed by atoms with Crippen molar-refractivity contribution < 1.29 is 29.0 Å². The van der Waals surface area contributed by atoms with Gasteiger partial charge in [0.2, 0.25) is 0 Å². The third-order valence-corrected chi connectivity index (χ3v) is 12.6. The Kier molecular flexibility index (Phi) is 13.9. The summed E-state index contributed by atoms with van der Waals surface area (Å²) in [5, 5.41) is 13.9. The zero-order valence-corrected chi connectivity index (χ0v) is 32.1. The number of piperidine rings is 2. The summed E-state index contributed by atoms with van der Waals surface area (Å²) in [5.74, 6) is 1.26. The molecule has 3 saturated carbocycles. The topological polar surface area (TPSA) is 108 Å². The highest BCUT2D eigenvalue weighted by molar-refractivity contribution is 5.69. The smallest absolute Gasteiger partial charge is 0.410 e. The van der Waals surface area contributed by atoms with Crippen molar-refractivity contribution in [2.75, 3.05) is 39.3 Å². The van der Waals surface area contributed by atoms with Crippen LogP contribution in [0.25, 0.3) is 0 Å². The Morgan fingerprint density at radius 1 is 0.673 bits per heavy atom. The lowest BCUT2D eigenvalue weighted by Crippen LogP contribution is -2.56. The average Bonchev–Trinajstić information content (AvgIpc) is 3.57. The largest absolute Gasteiger partial charge is 0.444 e. The van der Waals surface area contributed by atoms with E-state index in [4.69, 9.17) is 9.47 Å². The first-order chi connectivity index (χ1) is 23.1. The second kappa shape index (κ2) is 17.1. The number of nitrogens with zero attached hydrogens (tertiary/aromatic N) is 2. The van der Waals surface area contributed by atoms with Crippen molar-refractivity contribution in [3.8, 4) is 0 Å². The van der Waals surface area contributed by atoms with Crippen LogP contribution in [0.1, 0.15) is 157 Å². The van der Waals surface area contributed by atoms with Gasteiger partial charge in [0.1, 0.15) is 17.5 Å². The molecule has 2 heterocycles. The maximum Gasteiger partial charge on any atom is 0.410 e. The SMILES string of the molecule is CC(C)(C)OC(=O)N1CCC(C=O)(C2CCCCC2)CC1.CC(C)(C)OC(=O)N1CCC(CNC2(CO)CCCC2)(C2CCCCC2)CC1. The van der Waals surface area contributed by atoms with Gasteiger partial charge < -0.3 is 34.5 Å². The Bertz CT molecular complexity index is 1050. The maximum absolute atomic E-state index is 12.5. The summed E-state index contributed by atoms with van der Waals surface area (Å²) in [6.07, 6.45) is 21.9. The predicted octanol–water partition coefficient (Wildman–Crippen LogP) is 8.26. The highest BCUT2D eigenvalue weighted by Gasteiger charge is 2.46. The van der Waals surface area contributed by atoms with E-state index in [-0.39, 0.29) is 35.2 Å². The molecule has 2 saturated heterocycles. The van der Waals surface area contributed by atoms with Crippen molar-refractivity contribution >= 4 is 18.5 Å². The summed E-state index contributed by atoms with van der Waals surface area (Å²) >= 11 is 0. The molecule has 2 amide bonds. The molecule has 5 aliphatic rings. The van der Waals surface area contributed by atoms with E-state index in [9.17, 15) is 19.5 Å². The number of aldehydes is 1. The van der Waals surface area contributed by atoms with Crippen molar-refractivity contribution in [3.05, 3.63) is 0 Å². The molecule has 282 valence electrons. The predicted molar refractivity (Wildman–Crippen MR) is 194 cm³/mol. The van der Waals surface area contributed by atoms with Gasteiger partial charge in [0.15, 0.2) is 0 Å². The minimum atomic E-state index is -0.459. The normalized spacial score (nSPS) is 24.8. The molecule has 0 radical (unpaired) electrons. The summed E-state index contributed by atoms with van der Waals surface area (Å²) in [5.41, 5.74) is -0.904. The Balaban J connectivity index is 0.000000230. The van der Waals surface area contributed by atoms with E-state index < -0.39 is 11.2 Å². The number of nitrogens with one attached hydrogen (secondary N) is 1. The lowest BCUT2D eigenvalue weighted by molar-refractivity contribution is -0.123. The van der Waals surface area contributed by atoms with Gasteiger partial charge in [-0.15, -0.1) is 0 Å². The highest BCUT2D eigenvalue weighted by atomic mass is 16.6. The first kappa shape index (κ1) is 39.9. The molecule has 0 bridgehead atoms. The Hall–Kier alpha value is -1.87. The van der Waals surface area contributed by atoms with Crippen LogP contribution in [0.4, 0.5) is 9.59 Å². The summed E-state index contributed by atoms with van der Waals surface area (Å²) in [6, 6.07) is 0. The van der Waals surface area contributed by atoms with E-state index in [1.54, 1.807) is 4.90 Å². The Labute approximate surface area is 298 Å². The van der Waals surface area contributed by atoms with Gasteiger partial charge in [0.05, 0.1) is 6.61 Å². The molecular formula is C40H71N3O6. The zero-order valence-electron chi connectivity index (χ0n) is 32.1. The number of hydrogen-bond acceptors (Lipinski definition) is 7. The molecule has 0 aromatic carbocycles. The highest BCUT2D eigenvalue weighted by Crippen LogP contribution is 2.47.